The zero-order valence-electron chi connectivity index (χ0n) is 12.6. The monoisotopic (exact) mass is 321 g/mol. The summed E-state index contributed by atoms with van der Waals surface area (Å²) in [6, 6.07) is 0. The molecule has 23 heavy (non-hydrogen) atoms. The number of carbonyl (C=O) groups is 1. The van der Waals surface area contributed by atoms with Gasteiger partial charge in [0.15, 0.2) is 11.5 Å². The van der Waals surface area contributed by atoms with Crippen LogP contribution in [0.1, 0.15) is 55.6 Å². The Morgan fingerprint density at radius 3 is 2.96 bits per heavy atom. The van der Waals surface area contributed by atoms with Gasteiger partial charge in [-0.05, 0) is 12.8 Å². The fraction of sp³-hybridized carbons (Fsp3) is 0.533. The van der Waals surface area contributed by atoms with Crippen LogP contribution >= 0.6 is 0 Å². The summed E-state index contributed by atoms with van der Waals surface area (Å²) in [5.41, 5.74) is 0.678. The van der Waals surface area contributed by atoms with Crippen molar-refractivity contribution in [3.8, 4) is 11.6 Å². The van der Waals surface area contributed by atoms with Gasteiger partial charge in [0, 0.05) is 6.42 Å². The molecule has 1 atom stereocenters. The van der Waals surface area contributed by atoms with Gasteiger partial charge in [0.1, 0.15) is 18.1 Å². The second kappa shape index (κ2) is 6.93. The summed E-state index contributed by atoms with van der Waals surface area (Å²) in [6.45, 7) is -0.103. The summed E-state index contributed by atoms with van der Waals surface area (Å²) in [7, 11) is 0. The Balaban J connectivity index is 1.93. The summed E-state index contributed by atoms with van der Waals surface area (Å²) >= 11 is 0. The molecule has 1 unspecified atom stereocenters. The largest absolute Gasteiger partial charge is 0.443 e. The third-order valence-corrected chi connectivity index (χ3v) is 3.73. The molecule has 0 saturated heterocycles. The zero-order valence-corrected chi connectivity index (χ0v) is 12.6. The van der Waals surface area contributed by atoms with Crippen LogP contribution in [0.5, 0.6) is 0 Å². The summed E-state index contributed by atoms with van der Waals surface area (Å²) in [5, 5.41) is 22.2. The van der Waals surface area contributed by atoms with Crippen LogP contribution in [-0.4, -0.2) is 26.1 Å². The van der Waals surface area contributed by atoms with Gasteiger partial charge in [0.25, 0.3) is 0 Å². The number of fused-ring (bicyclic) bond motifs is 2. The van der Waals surface area contributed by atoms with Crippen LogP contribution in [0.25, 0.3) is 11.6 Å². The summed E-state index contributed by atoms with van der Waals surface area (Å²) < 4.78 is 10.9. The molecule has 3 heterocycles. The normalized spacial score (nSPS) is 19.7. The number of nitrogens with one attached hydrogen (secondary N) is 1. The van der Waals surface area contributed by atoms with Crippen molar-refractivity contribution >= 4 is 5.91 Å². The van der Waals surface area contributed by atoms with Gasteiger partial charge in [-0.2, -0.15) is 0 Å². The average molecular weight is 321 g/mol. The lowest BCUT2D eigenvalue weighted by Gasteiger charge is -2.09. The molecule has 0 saturated carbocycles. The third kappa shape index (κ3) is 3.59. The lowest BCUT2D eigenvalue weighted by atomic mass is 10.1. The maximum atomic E-state index is 11.7. The van der Waals surface area contributed by atoms with Crippen LogP contribution in [0.3, 0.4) is 0 Å². The second-order valence-electron chi connectivity index (χ2n) is 5.51. The molecule has 3 N–H and O–H groups in total. The highest BCUT2D eigenvalue weighted by atomic mass is 16.4. The van der Waals surface area contributed by atoms with E-state index in [9.17, 15) is 9.90 Å². The highest BCUT2D eigenvalue weighted by molar-refractivity contribution is 5.75. The molecule has 0 aromatic carbocycles. The molecule has 2 bridgehead atoms. The van der Waals surface area contributed by atoms with E-state index in [1.807, 2.05) is 0 Å². The van der Waals surface area contributed by atoms with Crippen molar-refractivity contribution in [2.75, 3.05) is 0 Å². The van der Waals surface area contributed by atoms with E-state index in [1.54, 1.807) is 0 Å². The van der Waals surface area contributed by atoms with Gasteiger partial charge in [-0.3, -0.25) is 4.79 Å². The van der Waals surface area contributed by atoms with Crippen molar-refractivity contribution in [3.63, 3.8) is 0 Å². The van der Waals surface area contributed by atoms with Crippen LogP contribution in [0.2, 0.25) is 0 Å². The fourth-order valence-electron chi connectivity index (χ4n) is 2.51. The molecule has 8 heteroatoms. The van der Waals surface area contributed by atoms with Gasteiger partial charge >= 0.3 is 0 Å². The first-order valence-electron chi connectivity index (χ1n) is 7.67. The fourth-order valence-corrected chi connectivity index (χ4v) is 2.51. The van der Waals surface area contributed by atoms with Gasteiger partial charge < -0.3 is 24.4 Å². The lowest BCUT2D eigenvalue weighted by molar-refractivity contribution is -0.121. The Labute approximate surface area is 132 Å². The van der Waals surface area contributed by atoms with Crippen molar-refractivity contribution in [1.29, 1.82) is 0 Å². The standard InChI is InChI=1S/C15H19N3O5/c19-7-9-8-22-15(17-9)13-14-10(20)4-2-1-3-5-11(21)16-6-12(18-13)23-14/h8,10,19-20H,1-7H2,(H,16,21). The minimum absolute atomic E-state index is 0.0499. The molecule has 1 amide bonds. The highest BCUT2D eigenvalue weighted by Crippen LogP contribution is 2.31. The summed E-state index contributed by atoms with van der Waals surface area (Å²) in [5.74, 6) is 0.693. The number of amides is 1. The van der Waals surface area contributed by atoms with E-state index in [0.29, 0.717) is 24.2 Å². The Hall–Kier alpha value is -2.19. The molecule has 2 aromatic rings. The van der Waals surface area contributed by atoms with Crippen molar-refractivity contribution < 1.29 is 23.8 Å². The maximum absolute atomic E-state index is 11.7. The van der Waals surface area contributed by atoms with E-state index < -0.39 is 6.10 Å². The Morgan fingerprint density at radius 2 is 2.17 bits per heavy atom. The third-order valence-electron chi connectivity index (χ3n) is 3.73. The molecule has 1 aliphatic rings. The van der Waals surface area contributed by atoms with Crippen LogP contribution in [-0.2, 0) is 17.9 Å². The topological polar surface area (TPSA) is 122 Å². The minimum Gasteiger partial charge on any atom is -0.443 e. The van der Waals surface area contributed by atoms with Crippen LogP contribution in [0.15, 0.2) is 15.1 Å². The van der Waals surface area contributed by atoms with E-state index in [2.05, 4.69) is 15.3 Å². The SMILES string of the molecule is O=C1CCCCCC(O)c2oc(nc2-c2nc(CO)co2)CN1. The van der Waals surface area contributed by atoms with E-state index >= 15 is 0 Å². The quantitative estimate of drug-likeness (QED) is 0.765. The second-order valence-corrected chi connectivity index (χ2v) is 5.51. The molecular weight excluding hydrogens is 302 g/mol. The maximum Gasteiger partial charge on any atom is 0.249 e. The first kappa shape index (κ1) is 15.7. The first-order valence-corrected chi connectivity index (χ1v) is 7.67. The summed E-state index contributed by atoms with van der Waals surface area (Å²) in [4.78, 5) is 20.1. The van der Waals surface area contributed by atoms with E-state index in [0.717, 1.165) is 19.3 Å². The number of hydrogen-bond donors (Lipinski definition) is 3. The minimum atomic E-state index is -0.814. The van der Waals surface area contributed by atoms with Crippen LogP contribution < -0.4 is 5.32 Å². The average Bonchev–Trinajstić information content (AvgIpc) is 3.17. The number of nitrogens with zero attached hydrogens (tertiary/aromatic N) is 2. The Bertz CT molecular complexity index is 678. The smallest absolute Gasteiger partial charge is 0.249 e. The van der Waals surface area contributed by atoms with Gasteiger partial charge in [-0.15, -0.1) is 0 Å². The molecule has 124 valence electrons. The number of rotatable bonds is 2. The van der Waals surface area contributed by atoms with Crippen molar-refractivity contribution in [2.24, 2.45) is 0 Å². The van der Waals surface area contributed by atoms with E-state index in [-0.39, 0.29) is 36.6 Å². The van der Waals surface area contributed by atoms with Crippen LogP contribution in [0, 0.1) is 0 Å². The van der Waals surface area contributed by atoms with Gasteiger partial charge in [0.05, 0.1) is 13.2 Å². The predicted molar refractivity (Wildman–Crippen MR) is 77.8 cm³/mol. The number of aromatic nitrogens is 2. The van der Waals surface area contributed by atoms with Gasteiger partial charge in [-0.1, -0.05) is 12.8 Å². The zero-order chi connectivity index (χ0) is 16.2. The Morgan fingerprint density at radius 1 is 1.30 bits per heavy atom. The Kier molecular flexibility index (Phi) is 4.73. The number of aliphatic hydroxyl groups is 2. The van der Waals surface area contributed by atoms with Crippen molar-refractivity contribution in [2.45, 2.75) is 51.4 Å². The molecule has 0 aliphatic carbocycles. The molecule has 8 nitrogen and oxygen atoms in total. The molecule has 0 spiro atoms. The highest BCUT2D eigenvalue weighted by Gasteiger charge is 2.25. The predicted octanol–water partition coefficient (Wildman–Crippen LogP) is 1.44. The molecule has 0 fully saturated rings. The van der Waals surface area contributed by atoms with Gasteiger partial charge in [0.2, 0.25) is 17.7 Å². The number of oxazole rings is 2. The van der Waals surface area contributed by atoms with E-state index in [1.165, 1.54) is 6.26 Å². The number of carbonyl (C=O) groups excluding carboxylic acids is 1. The molecule has 1 aliphatic heterocycles. The van der Waals surface area contributed by atoms with Crippen molar-refractivity contribution in [1.82, 2.24) is 15.3 Å². The lowest BCUT2D eigenvalue weighted by Crippen LogP contribution is -2.22. The number of aliphatic hydroxyl groups excluding tert-OH is 2. The summed E-state index contributed by atoms with van der Waals surface area (Å²) in [6.07, 6.45) is 3.90. The van der Waals surface area contributed by atoms with E-state index in [4.69, 9.17) is 13.9 Å². The molecule has 2 aromatic heterocycles. The van der Waals surface area contributed by atoms with Crippen molar-refractivity contribution in [3.05, 3.63) is 23.6 Å². The number of hydrogen-bond acceptors (Lipinski definition) is 7. The molecular formula is C15H19N3O5. The van der Waals surface area contributed by atoms with Crippen LogP contribution in [0.4, 0.5) is 0 Å². The molecule has 3 rings (SSSR count). The first-order chi connectivity index (χ1) is 11.2. The molecule has 0 radical (unpaired) electrons. The van der Waals surface area contributed by atoms with Gasteiger partial charge in [-0.25, -0.2) is 9.97 Å².